The maximum atomic E-state index is 10.7. The van der Waals surface area contributed by atoms with Gasteiger partial charge >= 0.3 is 5.97 Å². The fourth-order valence-corrected chi connectivity index (χ4v) is 2.45. The van der Waals surface area contributed by atoms with Gasteiger partial charge in [-0.05, 0) is 31.2 Å². The molecule has 0 spiro atoms. The molecule has 1 saturated carbocycles. The molecule has 0 amide bonds. The SMILES string of the molecule is Cc1occ(C2CCCC2)c1CC(=O)O. The summed E-state index contributed by atoms with van der Waals surface area (Å²) in [6.07, 6.45) is 6.69. The van der Waals surface area contributed by atoms with Gasteiger partial charge in [0.25, 0.3) is 0 Å². The van der Waals surface area contributed by atoms with Crippen molar-refractivity contribution in [3.8, 4) is 0 Å². The van der Waals surface area contributed by atoms with E-state index in [1.54, 1.807) is 6.26 Å². The predicted octanol–water partition coefficient (Wildman–Crippen LogP) is 2.87. The first kappa shape index (κ1) is 10.3. The third-order valence-electron chi connectivity index (χ3n) is 3.26. The molecule has 2 rings (SSSR count). The van der Waals surface area contributed by atoms with Gasteiger partial charge in [-0.15, -0.1) is 0 Å². The molecule has 1 N–H and O–H groups in total. The summed E-state index contributed by atoms with van der Waals surface area (Å²) >= 11 is 0. The van der Waals surface area contributed by atoms with E-state index in [0.29, 0.717) is 5.92 Å². The Morgan fingerprint density at radius 3 is 2.80 bits per heavy atom. The Morgan fingerprint density at radius 2 is 2.20 bits per heavy atom. The molecular formula is C12H16O3. The number of aliphatic carboxylic acids is 1. The highest BCUT2D eigenvalue weighted by atomic mass is 16.4. The molecule has 3 heteroatoms. The van der Waals surface area contributed by atoms with E-state index >= 15 is 0 Å². The largest absolute Gasteiger partial charge is 0.481 e. The van der Waals surface area contributed by atoms with Crippen LogP contribution in [0.15, 0.2) is 10.7 Å². The van der Waals surface area contributed by atoms with Gasteiger partial charge in [-0.3, -0.25) is 4.79 Å². The molecule has 0 saturated heterocycles. The maximum absolute atomic E-state index is 10.7. The Morgan fingerprint density at radius 1 is 1.53 bits per heavy atom. The summed E-state index contributed by atoms with van der Waals surface area (Å²) in [5, 5.41) is 8.84. The standard InChI is InChI=1S/C12H16O3/c1-8-10(6-12(13)14)11(7-15-8)9-4-2-3-5-9/h7,9H,2-6H2,1H3,(H,13,14). The van der Waals surface area contributed by atoms with E-state index in [1.807, 2.05) is 6.92 Å². The van der Waals surface area contributed by atoms with Gasteiger partial charge in [0.1, 0.15) is 5.76 Å². The number of aryl methyl sites for hydroxylation is 1. The molecule has 0 aliphatic heterocycles. The van der Waals surface area contributed by atoms with E-state index in [2.05, 4.69) is 0 Å². The quantitative estimate of drug-likeness (QED) is 0.830. The summed E-state index contributed by atoms with van der Waals surface area (Å²) < 4.78 is 5.35. The second kappa shape index (κ2) is 4.09. The molecule has 0 bridgehead atoms. The summed E-state index contributed by atoms with van der Waals surface area (Å²) in [5.74, 6) is 0.509. The zero-order valence-corrected chi connectivity index (χ0v) is 8.95. The Kier molecular flexibility index (Phi) is 2.80. The lowest BCUT2D eigenvalue weighted by atomic mass is 9.94. The molecular weight excluding hydrogens is 192 g/mol. The third-order valence-corrected chi connectivity index (χ3v) is 3.26. The molecule has 1 aliphatic carbocycles. The minimum absolute atomic E-state index is 0.0914. The van der Waals surface area contributed by atoms with E-state index in [4.69, 9.17) is 9.52 Å². The van der Waals surface area contributed by atoms with Gasteiger partial charge in [-0.25, -0.2) is 0 Å². The van der Waals surface area contributed by atoms with Crippen LogP contribution in [0.4, 0.5) is 0 Å². The van der Waals surface area contributed by atoms with E-state index in [9.17, 15) is 4.79 Å². The first-order valence-corrected chi connectivity index (χ1v) is 5.47. The van der Waals surface area contributed by atoms with Gasteiger partial charge in [-0.2, -0.15) is 0 Å². The molecule has 1 aromatic rings. The average molecular weight is 208 g/mol. The van der Waals surface area contributed by atoms with Crippen LogP contribution in [0.5, 0.6) is 0 Å². The van der Waals surface area contributed by atoms with Crippen LogP contribution in [0, 0.1) is 6.92 Å². The molecule has 0 unspecified atom stereocenters. The molecule has 1 aliphatic rings. The van der Waals surface area contributed by atoms with Crippen LogP contribution in [0.2, 0.25) is 0 Å². The number of rotatable bonds is 3. The van der Waals surface area contributed by atoms with Crippen molar-refractivity contribution in [2.24, 2.45) is 0 Å². The van der Waals surface area contributed by atoms with Crippen molar-refractivity contribution in [1.82, 2.24) is 0 Å². The lowest BCUT2D eigenvalue weighted by Gasteiger charge is -2.08. The van der Waals surface area contributed by atoms with Crippen LogP contribution in [0.25, 0.3) is 0 Å². The summed E-state index contributed by atoms with van der Waals surface area (Å²) in [5.41, 5.74) is 2.03. The number of hydrogen-bond acceptors (Lipinski definition) is 2. The van der Waals surface area contributed by atoms with Crippen LogP contribution in [-0.4, -0.2) is 11.1 Å². The van der Waals surface area contributed by atoms with Crippen LogP contribution < -0.4 is 0 Å². The highest BCUT2D eigenvalue weighted by Gasteiger charge is 2.23. The maximum Gasteiger partial charge on any atom is 0.307 e. The lowest BCUT2D eigenvalue weighted by molar-refractivity contribution is -0.136. The first-order chi connectivity index (χ1) is 7.18. The number of carboxylic acid groups (broad SMARTS) is 1. The smallest absolute Gasteiger partial charge is 0.307 e. The zero-order valence-electron chi connectivity index (χ0n) is 8.95. The van der Waals surface area contributed by atoms with Crippen LogP contribution in [0.3, 0.4) is 0 Å². The van der Waals surface area contributed by atoms with E-state index < -0.39 is 5.97 Å². The highest BCUT2D eigenvalue weighted by molar-refractivity contribution is 5.71. The summed E-state index contributed by atoms with van der Waals surface area (Å²) in [6, 6.07) is 0. The first-order valence-electron chi connectivity index (χ1n) is 5.47. The van der Waals surface area contributed by atoms with Gasteiger partial charge < -0.3 is 9.52 Å². The molecule has 1 heterocycles. The van der Waals surface area contributed by atoms with Gasteiger partial charge in [0.2, 0.25) is 0 Å². The molecule has 1 aromatic heterocycles. The Bertz CT molecular complexity index is 359. The fourth-order valence-electron chi connectivity index (χ4n) is 2.45. The molecule has 0 radical (unpaired) electrons. The monoisotopic (exact) mass is 208 g/mol. The number of furan rings is 1. The molecule has 0 aromatic carbocycles. The van der Waals surface area contributed by atoms with Crippen molar-refractivity contribution in [1.29, 1.82) is 0 Å². The minimum atomic E-state index is -0.779. The van der Waals surface area contributed by atoms with Gasteiger partial charge in [0.05, 0.1) is 12.7 Å². The normalized spacial score (nSPS) is 17.1. The summed E-state index contributed by atoms with van der Waals surface area (Å²) in [7, 11) is 0. The van der Waals surface area contributed by atoms with Gasteiger partial charge in [0, 0.05) is 5.56 Å². The van der Waals surface area contributed by atoms with Crippen LogP contribution in [-0.2, 0) is 11.2 Å². The Labute approximate surface area is 89.1 Å². The molecule has 0 atom stereocenters. The van der Waals surface area contributed by atoms with Crippen molar-refractivity contribution >= 4 is 5.97 Å². The Hall–Kier alpha value is -1.25. The van der Waals surface area contributed by atoms with E-state index in [0.717, 1.165) is 16.9 Å². The second-order valence-corrected chi connectivity index (χ2v) is 4.28. The van der Waals surface area contributed by atoms with Crippen LogP contribution in [0.1, 0.15) is 48.5 Å². The van der Waals surface area contributed by atoms with Crippen molar-refractivity contribution in [3.63, 3.8) is 0 Å². The summed E-state index contributed by atoms with van der Waals surface area (Å²) in [6.45, 7) is 1.84. The molecule has 1 fully saturated rings. The molecule has 15 heavy (non-hydrogen) atoms. The highest BCUT2D eigenvalue weighted by Crippen LogP contribution is 2.37. The number of carbonyl (C=O) groups is 1. The molecule has 3 nitrogen and oxygen atoms in total. The van der Waals surface area contributed by atoms with E-state index in [-0.39, 0.29) is 6.42 Å². The second-order valence-electron chi connectivity index (χ2n) is 4.28. The van der Waals surface area contributed by atoms with Crippen molar-refractivity contribution in [3.05, 3.63) is 23.2 Å². The average Bonchev–Trinajstić information content (AvgIpc) is 2.76. The summed E-state index contributed by atoms with van der Waals surface area (Å²) in [4.78, 5) is 10.7. The van der Waals surface area contributed by atoms with Crippen molar-refractivity contribution < 1.29 is 14.3 Å². The number of hydrogen-bond donors (Lipinski definition) is 1. The topological polar surface area (TPSA) is 50.4 Å². The van der Waals surface area contributed by atoms with Crippen molar-refractivity contribution in [2.75, 3.05) is 0 Å². The lowest BCUT2D eigenvalue weighted by Crippen LogP contribution is -2.04. The fraction of sp³-hybridized carbons (Fsp3) is 0.583. The predicted molar refractivity (Wildman–Crippen MR) is 56.0 cm³/mol. The van der Waals surface area contributed by atoms with Crippen LogP contribution >= 0.6 is 0 Å². The Balaban J connectivity index is 2.25. The van der Waals surface area contributed by atoms with Gasteiger partial charge in [0.15, 0.2) is 0 Å². The van der Waals surface area contributed by atoms with Gasteiger partial charge in [-0.1, -0.05) is 12.8 Å². The zero-order chi connectivity index (χ0) is 10.8. The third kappa shape index (κ3) is 2.06. The minimum Gasteiger partial charge on any atom is -0.481 e. The molecule has 82 valence electrons. The number of carboxylic acids is 1. The van der Waals surface area contributed by atoms with Crippen molar-refractivity contribution in [2.45, 2.75) is 44.9 Å². The van der Waals surface area contributed by atoms with E-state index in [1.165, 1.54) is 25.7 Å².